The monoisotopic (exact) mass is 566 g/mol. The zero-order valence-electron chi connectivity index (χ0n) is 21.4. The molecular formula is C27H29F3N2O6S. The van der Waals surface area contributed by atoms with Gasteiger partial charge in [0.25, 0.3) is 10.0 Å². The Balaban J connectivity index is 0.000000673. The van der Waals surface area contributed by atoms with Gasteiger partial charge in [0.2, 0.25) is 0 Å². The molecule has 0 aromatic heterocycles. The van der Waals surface area contributed by atoms with E-state index >= 15 is 0 Å². The maximum atomic E-state index is 13.1. The van der Waals surface area contributed by atoms with E-state index in [1.165, 1.54) is 12.1 Å². The van der Waals surface area contributed by atoms with Crippen LogP contribution < -0.4 is 9.62 Å². The van der Waals surface area contributed by atoms with Crippen LogP contribution in [0.1, 0.15) is 35.3 Å². The number of carboxylic acid groups (broad SMARTS) is 2. The first kappa shape index (κ1) is 31.2. The Morgan fingerprint density at radius 2 is 1.49 bits per heavy atom. The lowest BCUT2D eigenvalue weighted by Crippen LogP contribution is -2.21. The van der Waals surface area contributed by atoms with Gasteiger partial charge in [-0.25, -0.2) is 18.0 Å². The first-order valence-electron chi connectivity index (χ1n) is 11.6. The zero-order chi connectivity index (χ0) is 29.4. The van der Waals surface area contributed by atoms with Crippen LogP contribution in [0.2, 0.25) is 0 Å². The van der Waals surface area contributed by atoms with Crippen molar-refractivity contribution in [3.8, 4) is 0 Å². The Bertz CT molecular complexity index is 1380. The minimum Gasteiger partial charge on any atom is -0.478 e. The molecule has 0 saturated heterocycles. The van der Waals surface area contributed by atoms with Gasteiger partial charge in [0.1, 0.15) is 0 Å². The second-order valence-corrected chi connectivity index (χ2v) is 10.7. The Kier molecular flexibility index (Phi) is 10.5. The van der Waals surface area contributed by atoms with Gasteiger partial charge in [0.15, 0.2) is 0 Å². The molecule has 0 spiro atoms. The van der Waals surface area contributed by atoms with Gasteiger partial charge >= 0.3 is 18.1 Å². The predicted molar refractivity (Wildman–Crippen MR) is 141 cm³/mol. The van der Waals surface area contributed by atoms with Crippen LogP contribution in [0.4, 0.5) is 24.5 Å². The lowest BCUT2D eigenvalue weighted by atomic mass is 10.0. The molecule has 39 heavy (non-hydrogen) atoms. The molecule has 8 nitrogen and oxygen atoms in total. The van der Waals surface area contributed by atoms with E-state index in [9.17, 15) is 31.5 Å². The molecule has 3 aromatic rings. The number of alkyl halides is 3. The van der Waals surface area contributed by atoms with Crippen LogP contribution in [-0.4, -0.2) is 43.8 Å². The summed E-state index contributed by atoms with van der Waals surface area (Å²) in [4.78, 5) is 22.4. The van der Waals surface area contributed by atoms with Crippen molar-refractivity contribution in [3.63, 3.8) is 0 Å². The first-order chi connectivity index (χ1) is 18.1. The molecule has 0 bridgehead atoms. The summed E-state index contributed by atoms with van der Waals surface area (Å²) in [5.41, 5.74) is 2.92. The summed E-state index contributed by atoms with van der Waals surface area (Å²) in [6, 6.07) is 21.0. The molecule has 3 N–H and O–H groups in total. The Labute approximate surface area is 224 Å². The number of benzene rings is 3. The number of carbonyl (C=O) groups is 2. The normalized spacial score (nSPS) is 11.4. The van der Waals surface area contributed by atoms with Crippen molar-refractivity contribution in [2.24, 2.45) is 5.92 Å². The molecule has 0 atom stereocenters. The number of rotatable bonds is 9. The Morgan fingerprint density at radius 1 is 0.923 bits per heavy atom. The Morgan fingerprint density at radius 3 is 1.97 bits per heavy atom. The van der Waals surface area contributed by atoms with Crippen LogP contribution in [0.3, 0.4) is 0 Å². The van der Waals surface area contributed by atoms with E-state index in [0.717, 1.165) is 17.5 Å². The third-order valence-electron chi connectivity index (χ3n) is 5.28. The van der Waals surface area contributed by atoms with Gasteiger partial charge in [-0.3, -0.25) is 4.72 Å². The highest BCUT2D eigenvalue weighted by atomic mass is 32.2. The van der Waals surface area contributed by atoms with Gasteiger partial charge in [0.05, 0.1) is 21.8 Å². The number of nitrogens with zero attached hydrogens (tertiary/aromatic N) is 1. The number of hydrogen-bond donors (Lipinski definition) is 3. The molecule has 3 aromatic carbocycles. The van der Waals surface area contributed by atoms with Crippen molar-refractivity contribution in [1.29, 1.82) is 0 Å². The van der Waals surface area contributed by atoms with Crippen LogP contribution in [0.5, 0.6) is 0 Å². The van der Waals surface area contributed by atoms with E-state index < -0.39 is 28.1 Å². The smallest absolute Gasteiger partial charge is 0.478 e. The molecule has 0 aliphatic carbocycles. The van der Waals surface area contributed by atoms with Crippen molar-refractivity contribution in [1.82, 2.24) is 0 Å². The van der Waals surface area contributed by atoms with Gasteiger partial charge in [-0.2, -0.15) is 13.2 Å². The molecule has 0 aliphatic heterocycles. The fraction of sp³-hybridized carbons (Fsp3) is 0.259. The number of aliphatic carboxylic acids is 1. The number of hydrogen-bond acceptors (Lipinski definition) is 5. The summed E-state index contributed by atoms with van der Waals surface area (Å²) >= 11 is 0. The molecule has 3 rings (SSSR count). The number of halogens is 3. The van der Waals surface area contributed by atoms with E-state index in [1.54, 1.807) is 18.2 Å². The summed E-state index contributed by atoms with van der Waals surface area (Å²) in [6.45, 7) is 4.75. The minimum absolute atomic E-state index is 0.00634. The van der Waals surface area contributed by atoms with Crippen LogP contribution >= 0.6 is 0 Å². The first-order valence-corrected chi connectivity index (χ1v) is 13.1. The topological polar surface area (TPSA) is 124 Å². The number of aromatic carboxylic acids is 1. The molecule has 0 saturated carbocycles. The predicted octanol–water partition coefficient (Wildman–Crippen LogP) is 5.65. The largest absolute Gasteiger partial charge is 0.490 e. The van der Waals surface area contributed by atoms with Crippen LogP contribution in [-0.2, 0) is 27.8 Å². The number of anilines is 2. The maximum Gasteiger partial charge on any atom is 0.490 e. The third-order valence-corrected chi connectivity index (χ3v) is 6.66. The van der Waals surface area contributed by atoms with Crippen molar-refractivity contribution < 1.29 is 41.4 Å². The average molecular weight is 567 g/mol. The molecule has 0 fully saturated rings. The third kappa shape index (κ3) is 9.64. The Hall–Kier alpha value is -4.06. The molecule has 12 heteroatoms. The summed E-state index contributed by atoms with van der Waals surface area (Å²) in [5, 5.41) is 16.5. The van der Waals surface area contributed by atoms with Gasteiger partial charge in [-0.1, -0.05) is 56.3 Å². The standard InChI is InChI=1S/C25H28N2O4S.C2HF3O2/c1-18(2)15-19-9-12-22(13-10-19)32(30,31)26-23-16-21(25(28)29)11-14-24(23)27(3)17-20-7-5-4-6-8-20;3-2(4,5)1(6)7/h4-14,16,18,26H,15,17H2,1-3H3,(H,28,29);(H,6,7). The summed E-state index contributed by atoms with van der Waals surface area (Å²) in [5.74, 6) is -3.41. The zero-order valence-corrected chi connectivity index (χ0v) is 22.3. The van der Waals surface area contributed by atoms with E-state index in [-0.39, 0.29) is 16.1 Å². The second kappa shape index (κ2) is 13.1. The highest BCUT2D eigenvalue weighted by molar-refractivity contribution is 7.92. The molecular weight excluding hydrogens is 537 g/mol. The molecule has 0 heterocycles. The number of sulfonamides is 1. The fourth-order valence-corrected chi connectivity index (χ4v) is 4.57. The van der Waals surface area contributed by atoms with Gasteiger partial charge in [0, 0.05) is 13.6 Å². The minimum atomic E-state index is -5.08. The maximum absolute atomic E-state index is 13.1. The lowest BCUT2D eigenvalue weighted by Gasteiger charge is -2.23. The number of carboxylic acids is 2. The highest BCUT2D eigenvalue weighted by Crippen LogP contribution is 2.30. The van der Waals surface area contributed by atoms with Crippen molar-refractivity contribution in [2.45, 2.75) is 37.9 Å². The number of nitrogens with one attached hydrogen (secondary N) is 1. The summed E-state index contributed by atoms with van der Waals surface area (Å²) < 4.78 is 60.5. The van der Waals surface area contributed by atoms with Crippen molar-refractivity contribution in [3.05, 3.63) is 89.5 Å². The molecule has 0 aliphatic rings. The molecule has 210 valence electrons. The fourth-order valence-electron chi connectivity index (χ4n) is 3.51. The average Bonchev–Trinajstić information content (AvgIpc) is 2.84. The van der Waals surface area contributed by atoms with Crippen LogP contribution in [0.25, 0.3) is 0 Å². The van der Waals surface area contributed by atoms with E-state index in [2.05, 4.69) is 18.6 Å². The second-order valence-electron chi connectivity index (χ2n) is 9.03. The lowest BCUT2D eigenvalue weighted by molar-refractivity contribution is -0.192. The van der Waals surface area contributed by atoms with Crippen LogP contribution in [0, 0.1) is 5.92 Å². The SMILES string of the molecule is CC(C)Cc1ccc(S(=O)(=O)Nc2cc(C(=O)O)ccc2N(C)Cc2ccccc2)cc1.O=C(O)C(F)(F)F. The van der Waals surface area contributed by atoms with E-state index in [4.69, 9.17) is 9.90 Å². The van der Waals surface area contributed by atoms with Crippen molar-refractivity contribution in [2.75, 3.05) is 16.7 Å². The van der Waals surface area contributed by atoms with Crippen LogP contribution in [0.15, 0.2) is 77.7 Å². The molecule has 0 unspecified atom stereocenters. The highest BCUT2D eigenvalue weighted by Gasteiger charge is 2.38. The quantitative estimate of drug-likeness (QED) is 0.306. The molecule has 0 radical (unpaired) electrons. The van der Waals surface area contributed by atoms with Gasteiger partial charge in [-0.15, -0.1) is 0 Å². The van der Waals surface area contributed by atoms with Crippen molar-refractivity contribution >= 4 is 33.3 Å². The molecule has 0 amide bonds. The summed E-state index contributed by atoms with van der Waals surface area (Å²) in [6.07, 6.45) is -4.22. The van der Waals surface area contributed by atoms with Gasteiger partial charge < -0.3 is 15.1 Å². The van der Waals surface area contributed by atoms with Gasteiger partial charge in [-0.05, 0) is 53.8 Å². The van der Waals surface area contributed by atoms with E-state index in [0.29, 0.717) is 18.2 Å². The van der Waals surface area contributed by atoms with E-state index in [1.807, 2.05) is 54.4 Å². The summed E-state index contributed by atoms with van der Waals surface area (Å²) in [7, 11) is -2.06.